The number of carbonyl (C=O) groups is 2. The lowest BCUT2D eigenvalue weighted by molar-refractivity contribution is -0.123. The zero-order valence-corrected chi connectivity index (χ0v) is 15.7. The van der Waals surface area contributed by atoms with Gasteiger partial charge in [-0.3, -0.25) is 4.79 Å². The molecule has 0 radical (unpaired) electrons. The van der Waals surface area contributed by atoms with Crippen molar-refractivity contribution in [1.82, 2.24) is 4.98 Å². The van der Waals surface area contributed by atoms with E-state index in [2.05, 4.69) is 10.3 Å². The fourth-order valence-corrected chi connectivity index (χ4v) is 2.46. The average molecular weight is 397 g/mol. The molecule has 3 aromatic rings. The smallest absolute Gasteiger partial charge is 0.339 e. The standard InChI is InChI=1S/C21H17ClN2O4/c1-14(27-21(26)15-11-12-23-19(22)13-15)20(25)24-16-7-9-18(10-8-16)28-17-5-3-2-4-6-17/h2-14H,1H3,(H,24,25). The number of hydrogen-bond donors (Lipinski definition) is 1. The number of esters is 1. The van der Waals surface area contributed by atoms with Crippen LogP contribution in [-0.4, -0.2) is 23.0 Å². The van der Waals surface area contributed by atoms with Gasteiger partial charge in [0.2, 0.25) is 0 Å². The number of benzene rings is 2. The van der Waals surface area contributed by atoms with Crippen LogP contribution in [0, 0.1) is 0 Å². The van der Waals surface area contributed by atoms with E-state index in [4.69, 9.17) is 21.1 Å². The van der Waals surface area contributed by atoms with Gasteiger partial charge in [-0.1, -0.05) is 29.8 Å². The molecule has 0 aliphatic rings. The topological polar surface area (TPSA) is 77.5 Å². The van der Waals surface area contributed by atoms with E-state index in [9.17, 15) is 9.59 Å². The minimum atomic E-state index is -0.986. The van der Waals surface area contributed by atoms with Gasteiger partial charge in [-0.15, -0.1) is 0 Å². The number of carbonyl (C=O) groups excluding carboxylic acids is 2. The fraction of sp³-hybridized carbons (Fsp3) is 0.0952. The van der Waals surface area contributed by atoms with Crippen LogP contribution in [0.1, 0.15) is 17.3 Å². The minimum absolute atomic E-state index is 0.171. The van der Waals surface area contributed by atoms with Gasteiger partial charge in [0.05, 0.1) is 5.56 Å². The maximum Gasteiger partial charge on any atom is 0.339 e. The van der Waals surface area contributed by atoms with Crippen molar-refractivity contribution in [2.45, 2.75) is 13.0 Å². The van der Waals surface area contributed by atoms with Gasteiger partial charge in [0.1, 0.15) is 16.7 Å². The Morgan fingerprint density at radius 1 is 1.00 bits per heavy atom. The van der Waals surface area contributed by atoms with E-state index in [0.29, 0.717) is 11.4 Å². The molecule has 1 heterocycles. The third kappa shape index (κ3) is 5.31. The molecule has 0 bridgehead atoms. The first kappa shape index (κ1) is 19.4. The molecular weight excluding hydrogens is 380 g/mol. The molecule has 2 aromatic carbocycles. The van der Waals surface area contributed by atoms with Gasteiger partial charge >= 0.3 is 5.97 Å². The number of pyridine rings is 1. The Morgan fingerprint density at radius 2 is 1.68 bits per heavy atom. The second-order valence-electron chi connectivity index (χ2n) is 5.84. The summed E-state index contributed by atoms with van der Waals surface area (Å²) in [5, 5.41) is 2.86. The maximum atomic E-state index is 12.3. The SMILES string of the molecule is CC(OC(=O)c1ccnc(Cl)c1)C(=O)Nc1ccc(Oc2ccccc2)cc1. The van der Waals surface area contributed by atoms with Gasteiger partial charge in [-0.05, 0) is 55.5 Å². The van der Waals surface area contributed by atoms with Crippen LogP contribution in [-0.2, 0) is 9.53 Å². The van der Waals surface area contributed by atoms with Crippen LogP contribution >= 0.6 is 11.6 Å². The summed E-state index contributed by atoms with van der Waals surface area (Å²) in [6.07, 6.45) is 0.405. The van der Waals surface area contributed by atoms with Crippen LogP contribution < -0.4 is 10.1 Å². The highest BCUT2D eigenvalue weighted by Gasteiger charge is 2.19. The number of hydrogen-bond acceptors (Lipinski definition) is 5. The molecule has 7 heteroatoms. The summed E-state index contributed by atoms with van der Waals surface area (Å²) >= 11 is 5.75. The second kappa shape index (κ2) is 9.01. The van der Waals surface area contributed by atoms with Crippen molar-refractivity contribution >= 4 is 29.2 Å². The number of nitrogens with one attached hydrogen (secondary N) is 1. The van der Waals surface area contributed by atoms with Crippen molar-refractivity contribution < 1.29 is 19.1 Å². The summed E-state index contributed by atoms with van der Waals surface area (Å²) in [5.74, 6) is 0.248. The van der Waals surface area contributed by atoms with Gasteiger partial charge in [0.25, 0.3) is 5.91 Å². The Kier molecular flexibility index (Phi) is 6.24. The lowest BCUT2D eigenvalue weighted by Crippen LogP contribution is -2.30. The summed E-state index contributed by atoms with van der Waals surface area (Å²) in [5.41, 5.74) is 0.780. The Labute approximate surface area is 167 Å². The van der Waals surface area contributed by atoms with E-state index in [-0.39, 0.29) is 10.7 Å². The highest BCUT2D eigenvalue weighted by atomic mass is 35.5. The average Bonchev–Trinajstić information content (AvgIpc) is 2.70. The van der Waals surface area contributed by atoms with Crippen molar-refractivity contribution in [1.29, 1.82) is 0 Å². The largest absolute Gasteiger partial charge is 0.457 e. The third-order valence-corrected chi connectivity index (χ3v) is 3.92. The van der Waals surface area contributed by atoms with Crippen LogP contribution in [0.2, 0.25) is 5.15 Å². The van der Waals surface area contributed by atoms with Crippen LogP contribution in [0.3, 0.4) is 0 Å². The molecule has 0 aliphatic heterocycles. The molecule has 6 nitrogen and oxygen atoms in total. The molecule has 0 fully saturated rings. The van der Waals surface area contributed by atoms with Gasteiger partial charge in [0, 0.05) is 11.9 Å². The number of ether oxygens (including phenoxy) is 2. The first-order valence-electron chi connectivity index (χ1n) is 8.47. The van der Waals surface area contributed by atoms with E-state index in [1.807, 2.05) is 30.3 Å². The van der Waals surface area contributed by atoms with Gasteiger partial charge in [-0.2, -0.15) is 0 Å². The molecule has 1 atom stereocenters. The van der Waals surface area contributed by atoms with E-state index in [1.165, 1.54) is 25.3 Å². The molecule has 1 N–H and O–H groups in total. The van der Waals surface area contributed by atoms with Crippen LogP contribution in [0.4, 0.5) is 5.69 Å². The molecule has 1 aromatic heterocycles. The van der Waals surface area contributed by atoms with E-state index in [0.717, 1.165) is 5.75 Å². The molecule has 0 saturated carbocycles. The number of amides is 1. The summed E-state index contributed by atoms with van der Waals surface area (Å²) in [7, 11) is 0. The molecule has 3 rings (SSSR count). The zero-order valence-electron chi connectivity index (χ0n) is 15.0. The number of rotatable bonds is 6. The molecule has 0 spiro atoms. The van der Waals surface area contributed by atoms with E-state index in [1.54, 1.807) is 24.3 Å². The Morgan fingerprint density at radius 3 is 2.36 bits per heavy atom. The van der Waals surface area contributed by atoms with Crippen LogP contribution in [0.25, 0.3) is 0 Å². The predicted molar refractivity (Wildman–Crippen MR) is 106 cm³/mol. The molecule has 142 valence electrons. The summed E-state index contributed by atoms with van der Waals surface area (Å²) in [4.78, 5) is 28.1. The Hall–Kier alpha value is -3.38. The van der Waals surface area contributed by atoms with Crippen molar-refractivity contribution in [2.75, 3.05) is 5.32 Å². The number of halogens is 1. The normalized spacial score (nSPS) is 11.4. The number of nitrogens with zero attached hydrogens (tertiary/aromatic N) is 1. The lowest BCUT2D eigenvalue weighted by Gasteiger charge is -2.14. The summed E-state index contributed by atoms with van der Waals surface area (Å²) < 4.78 is 10.9. The van der Waals surface area contributed by atoms with Gasteiger partial charge in [0.15, 0.2) is 6.10 Å². The van der Waals surface area contributed by atoms with Gasteiger partial charge in [-0.25, -0.2) is 9.78 Å². The van der Waals surface area contributed by atoms with Crippen molar-refractivity contribution in [3.8, 4) is 11.5 Å². The molecule has 28 heavy (non-hydrogen) atoms. The highest BCUT2D eigenvalue weighted by Crippen LogP contribution is 2.22. The maximum absolute atomic E-state index is 12.3. The fourth-order valence-electron chi connectivity index (χ4n) is 2.29. The van der Waals surface area contributed by atoms with Crippen LogP contribution in [0.15, 0.2) is 72.9 Å². The van der Waals surface area contributed by atoms with Crippen molar-refractivity contribution in [3.63, 3.8) is 0 Å². The number of aromatic nitrogens is 1. The van der Waals surface area contributed by atoms with Crippen molar-refractivity contribution in [3.05, 3.63) is 83.6 Å². The minimum Gasteiger partial charge on any atom is -0.457 e. The zero-order chi connectivity index (χ0) is 19.9. The Balaban J connectivity index is 1.55. The molecule has 1 unspecified atom stereocenters. The Bertz CT molecular complexity index is 962. The number of para-hydroxylation sites is 1. The van der Waals surface area contributed by atoms with Crippen LogP contribution in [0.5, 0.6) is 11.5 Å². The predicted octanol–water partition coefficient (Wildman–Crippen LogP) is 4.71. The first-order valence-corrected chi connectivity index (χ1v) is 8.85. The number of anilines is 1. The first-order chi connectivity index (χ1) is 13.5. The molecule has 1 amide bonds. The highest BCUT2D eigenvalue weighted by molar-refractivity contribution is 6.29. The summed E-state index contributed by atoms with van der Waals surface area (Å²) in [6.45, 7) is 1.49. The molecular formula is C21H17ClN2O4. The third-order valence-electron chi connectivity index (χ3n) is 3.72. The molecule has 0 saturated heterocycles. The van der Waals surface area contributed by atoms with Gasteiger partial charge < -0.3 is 14.8 Å². The second-order valence-corrected chi connectivity index (χ2v) is 6.23. The summed E-state index contributed by atoms with van der Waals surface area (Å²) in [6, 6.07) is 19.1. The lowest BCUT2D eigenvalue weighted by atomic mass is 10.2. The van der Waals surface area contributed by atoms with E-state index < -0.39 is 18.0 Å². The van der Waals surface area contributed by atoms with Crippen molar-refractivity contribution in [2.24, 2.45) is 0 Å². The monoisotopic (exact) mass is 396 g/mol. The quantitative estimate of drug-likeness (QED) is 0.482. The molecule has 0 aliphatic carbocycles. The van der Waals surface area contributed by atoms with E-state index >= 15 is 0 Å².